The zero-order valence-electron chi connectivity index (χ0n) is 13.5. The third kappa shape index (κ3) is 4.63. The number of ether oxygens (including phenoxy) is 1. The molecule has 136 valence electrons. The number of alkyl halides is 3. The number of nitrogens with one attached hydrogen (secondary N) is 1. The number of aryl methyl sites for hydroxylation is 1. The van der Waals surface area contributed by atoms with Gasteiger partial charge in [0.05, 0.1) is 23.5 Å². The largest absolute Gasteiger partial charge is 0.573 e. The molecule has 0 aliphatic carbocycles. The number of hydrogen-bond acceptors (Lipinski definition) is 5. The molecule has 1 aromatic carbocycles. The van der Waals surface area contributed by atoms with E-state index < -0.39 is 12.1 Å². The predicted octanol–water partition coefficient (Wildman–Crippen LogP) is 4.13. The molecule has 0 saturated heterocycles. The summed E-state index contributed by atoms with van der Waals surface area (Å²) in [5, 5.41) is 11.0. The summed E-state index contributed by atoms with van der Waals surface area (Å²) in [6.45, 7) is 2.31. The average molecular weight is 384 g/mol. The van der Waals surface area contributed by atoms with Gasteiger partial charge in [-0.25, -0.2) is 4.68 Å². The molecular formula is C16H13ClF3N5O. The second-order valence-electron chi connectivity index (χ2n) is 5.36. The third-order valence-electron chi connectivity index (χ3n) is 3.32. The lowest BCUT2D eigenvalue weighted by Crippen LogP contribution is -2.17. The van der Waals surface area contributed by atoms with Crippen LogP contribution in [0.1, 0.15) is 11.4 Å². The van der Waals surface area contributed by atoms with Crippen molar-refractivity contribution in [2.45, 2.75) is 19.8 Å². The molecular weight excluding hydrogens is 371 g/mol. The van der Waals surface area contributed by atoms with Crippen LogP contribution in [0.25, 0.3) is 5.69 Å². The molecule has 10 heteroatoms. The molecule has 0 aliphatic rings. The van der Waals surface area contributed by atoms with Crippen molar-refractivity contribution < 1.29 is 17.9 Å². The van der Waals surface area contributed by atoms with E-state index in [9.17, 15) is 13.2 Å². The Morgan fingerprint density at radius 2 is 2.04 bits per heavy atom. The van der Waals surface area contributed by atoms with E-state index in [1.165, 1.54) is 16.8 Å². The molecule has 0 atom stereocenters. The monoisotopic (exact) mass is 383 g/mol. The maximum Gasteiger partial charge on any atom is 0.573 e. The molecule has 1 N–H and O–H groups in total. The molecule has 2 heterocycles. The Kier molecular flexibility index (Phi) is 4.99. The summed E-state index contributed by atoms with van der Waals surface area (Å²) in [5.74, 6) is -0.474. The Balaban J connectivity index is 1.70. The molecule has 0 bridgehead atoms. The zero-order valence-corrected chi connectivity index (χ0v) is 14.2. The second-order valence-corrected chi connectivity index (χ2v) is 5.76. The molecule has 0 amide bonds. The lowest BCUT2D eigenvalue weighted by Gasteiger charge is -2.11. The van der Waals surface area contributed by atoms with E-state index in [4.69, 9.17) is 11.6 Å². The number of rotatable bonds is 5. The number of halogens is 4. The number of pyridine rings is 1. The Bertz CT molecular complexity index is 913. The highest BCUT2D eigenvalue weighted by Crippen LogP contribution is 2.31. The summed E-state index contributed by atoms with van der Waals surface area (Å²) >= 11 is 5.84. The summed E-state index contributed by atoms with van der Waals surface area (Å²) in [6.07, 6.45) is -1.46. The molecule has 0 unspecified atom stereocenters. The van der Waals surface area contributed by atoms with Crippen LogP contribution in [-0.2, 0) is 6.54 Å². The molecule has 6 nitrogen and oxygen atoms in total. The fourth-order valence-electron chi connectivity index (χ4n) is 2.19. The van der Waals surface area contributed by atoms with Gasteiger partial charge in [-0.1, -0.05) is 16.8 Å². The number of nitrogens with zero attached hydrogens (tertiary/aromatic N) is 4. The average Bonchev–Trinajstić information content (AvgIpc) is 3.03. The fourth-order valence-corrected chi connectivity index (χ4v) is 2.41. The van der Waals surface area contributed by atoms with E-state index in [0.29, 0.717) is 17.9 Å². The van der Waals surface area contributed by atoms with E-state index in [1.54, 1.807) is 12.4 Å². The standard InChI is InChI=1S/C16H13ClF3N5O/c1-10-6-11(4-5-21-10)22-8-12-9-25(24-23-12)13-2-3-15(14(17)7-13)26-16(18,19)20/h2-7,9H,8H2,1H3,(H,21,22). The van der Waals surface area contributed by atoms with Gasteiger partial charge in [0.1, 0.15) is 11.4 Å². The summed E-state index contributed by atoms with van der Waals surface area (Å²) in [5.41, 5.74) is 2.88. The minimum Gasteiger partial charge on any atom is -0.404 e. The molecule has 2 aromatic heterocycles. The molecule has 3 aromatic rings. The van der Waals surface area contributed by atoms with Gasteiger partial charge in [0, 0.05) is 17.6 Å². The van der Waals surface area contributed by atoms with Crippen LogP contribution in [0.5, 0.6) is 5.75 Å². The Morgan fingerprint density at radius 1 is 1.23 bits per heavy atom. The van der Waals surface area contributed by atoms with Gasteiger partial charge in [0.15, 0.2) is 0 Å². The van der Waals surface area contributed by atoms with E-state index in [2.05, 4.69) is 25.3 Å². The van der Waals surface area contributed by atoms with E-state index >= 15 is 0 Å². The smallest absolute Gasteiger partial charge is 0.404 e. The van der Waals surface area contributed by atoms with E-state index in [-0.39, 0.29) is 5.02 Å². The van der Waals surface area contributed by atoms with E-state index in [1.807, 2.05) is 19.1 Å². The van der Waals surface area contributed by atoms with Crippen LogP contribution in [0.4, 0.5) is 18.9 Å². The second kappa shape index (κ2) is 7.20. The molecule has 0 radical (unpaired) electrons. The van der Waals surface area contributed by atoms with Gasteiger partial charge in [-0.15, -0.1) is 18.3 Å². The number of anilines is 1. The first-order valence-electron chi connectivity index (χ1n) is 7.43. The quantitative estimate of drug-likeness (QED) is 0.717. The summed E-state index contributed by atoms with van der Waals surface area (Å²) in [4.78, 5) is 4.11. The van der Waals surface area contributed by atoms with Crippen LogP contribution >= 0.6 is 11.6 Å². The van der Waals surface area contributed by atoms with Gasteiger partial charge in [-0.05, 0) is 37.3 Å². The lowest BCUT2D eigenvalue weighted by molar-refractivity contribution is -0.274. The lowest BCUT2D eigenvalue weighted by atomic mass is 10.3. The first-order valence-corrected chi connectivity index (χ1v) is 7.81. The predicted molar refractivity (Wildman–Crippen MR) is 89.4 cm³/mol. The van der Waals surface area contributed by atoms with Crippen molar-refractivity contribution in [2.75, 3.05) is 5.32 Å². The highest BCUT2D eigenvalue weighted by atomic mass is 35.5. The van der Waals surface area contributed by atoms with Crippen molar-refractivity contribution in [2.24, 2.45) is 0 Å². The third-order valence-corrected chi connectivity index (χ3v) is 3.61. The van der Waals surface area contributed by atoms with Crippen LogP contribution in [0.3, 0.4) is 0 Å². The molecule has 0 aliphatic heterocycles. The van der Waals surface area contributed by atoms with Gasteiger partial charge in [0.25, 0.3) is 0 Å². The van der Waals surface area contributed by atoms with Crippen LogP contribution in [0.15, 0.2) is 42.7 Å². The van der Waals surface area contributed by atoms with Crippen molar-refractivity contribution in [3.8, 4) is 11.4 Å². The minimum absolute atomic E-state index is 0.178. The summed E-state index contributed by atoms with van der Waals surface area (Å²) in [7, 11) is 0. The van der Waals surface area contributed by atoms with Crippen LogP contribution in [-0.4, -0.2) is 26.3 Å². The number of benzene rings is 1. The summed E-state index contributed by atoms with van der Waals surface area (Å²) in [6, 6.07) is 7.58. The first kappa shape index (κ1) is 18.0. The van der Waals surface area contributed by atoms with Crippen molar-refractivity contribution in [3.05, 3.63) is 59.1 Å². The Morgan fingerprint density at radius 3 is 2.73 bits per heavy atom. The highest BCUT2D eigenvalue weighted by Gasteiger charge is 2.32. The van der Waals surface area contributed by atoms with Gasteiger partial charge in [0.2, 0.25) is 0 Å². The van der Waals surface area contributed by atoms with Gasteiger partial charge in [-0.3, -0.25) is 4.98 Å². The van der Waals surface area contributed by atoms with Crippen molar-refractivity contribution in [1.82, 2.24) is 20.0 Å². The van der Waals surface area contributed by atoms with Gasteiger partial charge in [-0.2, -0.15) is 0 Å². The zero-order chi connectivity index (χ0) is 18.7. The molecule has 0 fully saturated rings. The van der Waals surface area contributed by atoms with Gasteiger partial charge >= 0.3 is 6.36 Å². The molecule has 0 spiro atoms. The van der Waals surface area contributed by atoms with Crippen LogP contribution in [0.2, 0.25) is 5.02 Å². The number of aromatic nitrogens is 4. The highest BCUT2D eigenvalue weighted by molar-refractivity contribution is 6.32. The topological polar surface area (TPSA) is 64.9 Å². The van der Waals surface area contributed by atoms with Crippen molar-refractivity contribution >= 4 is 17.3 Å². The normalized spacial score (nSPS) is 11.4. The molecule has 0 saturated carbocycles. The summed E-state index contributed by atoms with van der Waals surface area (Å²) < 4.78 is 42.1. The molecule has 26 heavy (non-hydrogen) atoms. The maximum atomic E-state index is 12.3. The number of hydrogen-bond donors (Lipinski definition) is 1. The fraction of sp³-hybridized carbons (Fsp3) is 0.188. The van der Waals surface area contributed by atoms with Crippen LogP contribution < -0.4 is 10.1 Å². The van der Waals surface area contributed by atoms with Crippen molar-refractivity contribution in [1.29, 1.82) is 0 Å². The van der Waals surface area contributed by atoms with Crippen LogP contribution in [0, 0.1) is 6.92 Å². The SMILES string of the molecule is Cc1cc(NCc2cn(-c3ccc(OC(F)(F)F)c(Cl)c3)nn2)ccn1. The van der Waals surface area contributed by atoms with Crippen molar-refractivity contribution in [3.63, 3.8) is 0 Å². The minimum atomic E-state index is -4.80. The van der Waals surface area contributed by atoms with E-state index in [0.717, 1.165) is 17.4 Å². The molecule has 3 rings (SSSR count). The van der Waals surface area contributed by atoms with Gasteiger partial charge < -0.3 is 10.1 Å². The Labute approximate surface area is 151 Å². The maximum absolute atomic E-state index is 12.3. The Hall–Kier alpha value is -2.81. The first-order chi connectivity index (χ1) is 12.3.